The van der Waals surface area contributed by atoms with Crippen molar-refractivity contribution in [2.75, 3.05) is 26.2 Å². The summed E-state index contributed by atoms with van der Waals surface area (Å²) in [6.45, 7) is 8.71. The van der Waals surface area contributed by atoms with Crippen molar-refractivity contribution in [3.63, 3.8) is 0 Å². The maximum atomic E-state index is 13.1. The second-order valence-electron chi connectivity index (χ2n) is 12.5. The molecule has 1 amide bonds. The fourth-order valence-corrected chi connectivity index (χ4v) is 5.92. The second kappa shape index (κ2) is 16.9. The predicted octanol–water partition coefficient (Wildman–Crippen LogP) is 8.53. The summed E-state index contributed by atoms with van der Waals surface area (Å²) in [5.41, 5.74) is 6.75. The van der Waals surface area contributed by atoms with Gasteiger partial charge in [0.25, 0.3) is 0 Å². The number of pyridine rings is 1. The van der Waals surface area contributed by atoms with Gasteiger partial charge in [0, 0.05) is 49.9 Å². The van der Waals surface area contributed by atoms with Crippen molar-refractivity contribution < 1.29 is 19.0 Å². The van der Waals surface area contributed by atoms with Gasteiger partial charge in [0.1, 0.15) is 30.5 Å². The highest BCUT2D eigenvalue weighted by Gasteiger charge is 2.20. The van der Waals surface area contributed by atoms with Gasteiger partial charge < -0.3 is 19.1 Å². The van der Waals surface area contributed by atoms with Crippen molar-refractivity contribution in [3.8, 4) is 29.2 Å². The fraction of sp³-hybridized carbons (Fsp3) is 0.214. The van der Waals surface area contributed by atoms with E-state index in [-0.39, 0.29) is 5.91 Å². The van der Waals surface area contributed by atoms with Crippen molar-refractivity contribution in [1.29, 1.82) is 5.26 Å². The van der Waals surface area contributed by atoms with E-state index < -0.39 is 0 Å². The number of amides is 1. The van der Waals surface area contributed by atoms with Gasteiger partial charge >= 0.3 is 0 Å². The van der Waals surface area contributed by atoms with Crippen molar-refractivity contribution in [3.05, 3.63) is 153 Å². The van der Waals surface area contributed by atoms with E-state index in [1.165, 1.54) is 5.56 Å². The molecule has 6 rings (SSSR count). The summed E-state index contributed by atoms with van der Waals surface area (Å²) in [5.74, 6) is 2.62. The third-order valence-corrected chi connectivity index (χ3v) is 8.89. The highest BCUT2D eigenvalue weighted by molar-refractivity contribution is 6.30. The Morgan fingerprint density at radius 1 is 0.804 bits per heavy atom. The standard InChI is InChI=1S/C42H39ClN4O4/c1-30-23-36(24-31(2)42(30)51-40-17-16-39(26-45-40)50-29-34-7-3-32(25-44)4-8-34)11-18-41(48)47-21-19-46(20-22-47)27-33-5-9-35(10-6-33)28-49-38-14-12-37(43)13-15-38/h3-18,23-24,26H,19-22,27-29H2,1-2H3/b18-11+. The number of nitrogens with zero attached hydrogens (tertiary/aromatic N) is 4. The zero-order chi connectivity index (χ0) is 35.6. The molecule has 5 aromatic rings. The SMILES string of the molecule is Cc1cc(/C=C/C(=O)N2CCN(Cc3ccc(COc4ccc(Cl)cc4)cc3)CC2)cc(C)c1Oc1ccc(OCc2ccc(C#N)cc2)cn1. The van der Waals surface area contributed by atoms with Gasteiger partial charge in [0.15, 0.2) is 0 Å². The number of hydrogen-bond donors (Lipinski definition) is 0. The first-order valence-corrected chi connectivity index (χ1v) is 17.2. The van der Waals surface area contributed by atoms with Crippen LogP contribution < -0.4 is 14.2 Å². The molecule has 1 fully saturated rings. The number of benzene rings is 4. The van der Waals surface area contributed by atoms with Gasteiger partial charge in [-0.05, 0) is 108 Å². The van der Waals surface area contributed by atoms with Crippen LogP contribution in [0.2, 0.25) is 5.02 Å². The van der Waals surface area contributed by atoms with Crippen LogP contribution >= 0.6 is 11.6 Å². The monoisotopic (exact) mass is 698 g/mol. The smallest absolute Gasteiger partial charge is 0.246 e. The van der Waals surface area contributed by atoms with E-state index in [2.05, 4.69) is 40.2 Å². The summed E-state index contributed by atoms with van der Waals surface area (Å²) in [6, 6.07) is 32.9. The van der Waals surface area contributed by atoms with Crippen molar-refractivity contribution in [1.82, 2.24) is 14.8 Å². The minimum Gasteiger partial charge on any atom is -0.489 e. The molecule has 258 valence electrons. The van der Waals surface area contributed by atoms with Crippen LogP contribution in [0.5, 0.6) is 23.1 Å². The molecule has 1 aliphatic rings. The first-order chi connectivity index (χ1) is 24.8. The lowest BCUT2D eigenvalue weighted by Crippen LogP contribution is -2.47. The van der Waals surface area contributed by atoms with Gasteiger partial charge in [0.2, 0.25) is 11.8 Å². The molecule has 0 aliphatic carbocycles. The summed E-state index contributed by atoms with van der Waals surface area (Å²) in [4.78, 5) is 21.8. The zero-order valence-electron chi connectivity index (χ0n) is 28.7. The summed E-state index contributed by atoms with van der Waals surface area (Å²) in [6.07, 6.45) is 5.16. The number of hydrogen-bond acceptors (Lipinski definition) is 7. The normalized spacial score (nSPS) is 13.2. The largest absolute Gasteiger partial charge is 0.489 e. The maximum absolute atomic E-state index is 13.1. The van der Waals surface area contributed by atoms with E-state index in [1.54, 1.807) is 30.5 Å². The Labute approximate surface area is 304 Å². The van der Waals surface area contributed by atoms with Gasteiger partial charge in [-0.15, -0.1) is 0 Å². The Morgan fingerprint density at radius 2 is 1.39 bits per heavy atom. The first-order valence-electron chi connectivity index (χ1n) is 16.8. The van der Waals surface area contributed by atoms with Crippen LogP contribution in [-0.4, -0.2) is 46.9 Å². The predicted molar refractivity (Wildman–Crippen MR) is 199 cm³/mol. The zero-order valence-corrected chi connectivity index (χ0v) is 29.5. The quantitative estimate of drug-likeness (QED) is 0.121. The average Bonchev–Trinajstić information content (AvgIpc) is 3.16. The number of nitriles is 1. The molecule has 8 nitrogen and oxygen atoms in total. The Balaban J connectivity index is 0.944. The van der Waals surface area contributed by atoms with Crippen LogP contribution in [0.25, 0.3) is 6.08 Å². The van der Waals surface area contributed by atoms with Crippen molar-refractivity contribution in [2.24, 2.45) is 0 Å². The number of halogens is 1. The summed E-state index contributed by atoms with van der Waals surface area (Å²) >= 11 is 5.95. The molecule has 51 heavy (non-hydrogen) atoms. The van der Waals surface area contributed by atoms with Crippen LogP contribution in [0.1, 0.15) is 38.9 Å². The van der Waals surface area contributed by atoms with Crippen molar-refractivity contribution in [2.45, 2.75) is 33.6 Å². The van der Waals surface area contributed by atoms with Gasteiger partial charge in [-0.2, -0.15) is 5.26 Å². The molecule has 4 aromatic carbocycles. The Hall–Kier alpha value is -5.62. The van der Waals surface area contributed by atoms with Crippen LogP contribution in [0, 0.1) is 25.2 Å². The molecule has 0 radical (unpaired) electrons. The molecule has 0 bridgehead atoms. The topological polar surface area (TPSA) is 87.9 Å². The molecular weight excluding hydrogens is 660 g/mol. The molecule has 0 unspecified atom stereocenters. The number of rotatable bonds is 12. The lowest BCUT2D eigenvalue weighted by atomic mass is 10.1. The first kappa shape index (κ1) is 35.2. The molecule has 1 aromatic heterocycles. The minimum atomic E-state index is 0.0148. The summed E-state index contributed by atoms with van der Waals surface area (Å²) in [5, 5.41) is 9.65. The van der Waals surface area contributed by atoms with Crippen LogP contribution in [0.3, 0.4) is 0 Å². The molecule has 1 saturated heterocycles. The van der Waals surface area contributed by atoms with E-state index >= 15 is 0 Å². The third kappa shape index (κ3) is 9.98. The second-order valence-corrected chi connectivity index (χ2v) is 12.9. The van der Waals surface area contributed by atoms with Gasteiger partial charge in [-0.25, -0.2) is 4.98 Å². The molecule has 1 aliphatic heterocycles. The van der Waals surface area contributed by atoms with E-state index in [1.807, 2.05) is 79.4 Å². The van der Waals surface area contributed by atoms with Crippen LogP contribution in [0.15, 0.2) is 109 Å². The Bertz CT molecular complexity index is 1970. The molecule has 0 atom stereocenters. The minimum absolute atomic E-state index is 0.0148. The average molecular weight is 699 g/mol. The molecule has 9 heteroatoms. The highest BCUT2D eigenvalue weighted by Crippen LogP contribution is 2.30. The molecule has 0 saturated carbocycles. The van der Waals surface area contributed by atoms with E-state index in [9.17, 15) is 4.79 Å². The van der Waals surface area contributed by atoms with Gasteiger partial charge in [0.05, 0.1) is 17.8 Å². The summed E-state index contributed by atoms with van der Waals surface area (Å²) in [7, 11) is 0. The number of carbonyl (C=O) groups excluding carboxylic acids is 1. The summed E-state index contributed by atoms with van der Waals surface area (Å²) < 4.78 is 17.8. The van der Waals surface area contributed by atoms with E-state index in [4.69, 9.17) is 31.1 Å². The van der Waals surface area contributed by atoms with Crippen LogP contribution in [0.4, 0.5) is 0 Å². The van der Waals surface area contributed by atoms with Gasteiger partial charge in [-0.1, -0.05) is 48.0 Å². The third-order valence-electron chi connectivity index (χ3n) is 8.64. The lowest BCUT2D eigenvalue weighted by Gasteiger charge is -2.34. The number of piperazine rings is 1. The van der Waals surface area contributed by atoms with Crippen molar-refractivity contribution >= 4 is 23.6 Å². The fourth-order valence-electron chi connectivity index (χ4n) is 5.80. The van der Waals surface area contributed by atoms with E-state index in [0.29, 0.717) is 48.5 Å². The molecule has 0 spiro atoms. The Morgan fingerprint density at radius 3 is 2.00 bits per heavy atom. The number of aryl methyl sites for hydroxylation is 2. The van der Waals surface area contributed by atoms with E-state index in [0.717, 1.165) is 59.0 Å². The number of aromatic nitrogens is 1. The molecule has 0 N–H and O–H groups in total. The number of ether oxygens (including phenoxy) is 3. The lowest BCUT2D eigenvalue weighted by molar-refractivity contribution is -0.127. The molecular formula is C42H39ClN4O4. The highest BCUT2D eigenvalue weighted by atomic mass is 35.5. The van der Waals surface area contributed by atoms with Crippen LogP contribution in [-0.2, 0) is 24.6 Å². The Kier molecular flexibility index (Phi) is 11.6. The molecule has 2 heterocycles. The van der Waals surface area contributed by atoms with Gasteiger partial charge in [-0.3, -0.25) is 9.69 Å². The maximum Gasteiger partial charge on any atom is 0.246 e. The number of carbonyl (C=O) groups is 1.